The third-order valence-corrected chi connectivity index (χ3v) is 2.97. The minimum atomic E-state index is -0.459. The highest BCUT2D eigenvalue weighted by molar-refractivity contribution is 5.79. The van der Waals surface area contributed by atoms with E-state index >= 15 is 0 Å². The van der Waals surface area contributed by atoms with Crippen LogP contribution in [0, 0.1) is 0 Å². The third-order valence-electron chi connectivity index (χ3n) is 2.97. The zero-order chi connectivity index (χ0) is 12.1. The highest BCUT2D eigenvalue weighted by Gasteiger charge is 2.29. The molecule has 6 nitrogen and oxygen atoms in total. The molecule has 92 valence electrons. The maximum Gasteiger partial charge on any atom is 0.231 e. The first-order valence-corrected chi connectivity index (χ1v) is 5.57. The Morgan fingerprint density at radius 1 is 1.06 bits per heavy atom. The maximum atomic E-state index is 10.9. The lowest BCUT2D eigenvalue weighted by atomic mass is 9.89. The average Bonchev–Trinajstić information content (AvgIpc) is 2.15. The molecule has 0 aromatic heterocycles. The molecule has 1 aliphatic rings. The van der Waals surface area contributed by atoms with Crippen LogP contribution in [-0.2, 0) is 9.59 Å². The molecule has 1 fully saturated rings. The molecule has 0 aliphatic heterocycles. The van der Waals surface area contributed by atoms with Crippen molar-refractivity contribution in [3.8, 4) is 0 Å². The van der Waals surface area contributed by atoms with Crippen LogP contribution in [0.25, 0.3) is 0 Å². The third kappa shape index (κ3) is 3.79. The number of nitrogens with zero attached hydrogens (tertiary/aromatic N) is 1. The van der Waals surface area contributed by atoms with E-state index in [1.807, 2.05) is 0 Å². The summed E-state index contributed by atoms with van der Waals surface area (Å²) in [6, 6.07) is 0.0289. The van der Waals surface area contributed by atoms with Gasteiger partial charge in [-0.3, -0.25) is 14.5 Å². The Bertz CT molecular complexity index is 254. The topological polar surface area (TPSA) is 115 Å². The fraction of sp³-hybridized carbons (Fsp3) is 0.800. The van der Waals surface area contributed by atoms with Gasteiger partial charge in [0.2, 0.25) is 11.8 Å². The van der Waals surface area contributed by atoms with E-state index < -0.39 is 11.8 Å². The van der Waals surface area contributed by atoms with Crippen LogP contribution in [0.3, 0.4) is 0 Å². The molecule has 6 N–H and O–H groups in total. The Morgan fingerprint density at radius 3 is 2.00 bits per heavy atom. The molecule has 0 spiro atoms. The standard InChI is InChI=1S/C10H20N4O2/c11-7-3-1-2-4-8(7)14(5-9(12)15)6-10(13)16/h7-8H,1-6,11H2,(H2,12,15)(H2,13,16). The van der Waals surface area contributed by atoms with E-state index in [-0.39, 0.29) is 25.2 Å². The minimum Gasteiger partial charge on any atom is -0.369 e. The van der Waals surface area contributed by atoms with Gasteiger partial charge in [0.05, 0.1) is 13.1 Å². The van der Waals surface area contributed by atoms with Gasteiger partial charge in [-0.25, -0.2) is 0 Å². The normalized spacial score (nSPS) is 25.6. The fourth-order valence-electron chi connectivity index (χ4n) is 2.28. The first-order valence-electron chi connectivity index (χ1n) is 5.57. The van der Waals surface area contributed by atoms with E-state index in [2.05, 4.69) is 0 Å². The lowest BCUT2D eigenvalue weighted by molar-refractivity contribution is -0.123. The molecule has 0 aromatic carbocycles. The van der Waals surface area contributed by atoms with Crippen LogP contribution in [0.2, 0.25) is 0 Å². The quantitative estimate of drug-likeness (QED) is 0.532. The number of amides is 2. The van der Waals surface area contributed by atoms with Crippen LogP contribution in [0.4, 0.5) is 0 Å². The van der Waals surface area contributed by atoms with E-state index in [1.165, 1.54) is 0 Å². The van der Waals surface area contributed by atoms with Gasteiger partial charge in [0.25, 0.3) is 0 Å². The number of hydrogen-bond acceptors (Lipinski definition) is 4. The molecule has 2 amide bonds. The molecule has 1 rings (SSSR count). The summed E-state index contributed by atoms with van der Waals surface area (Å²) in [4.78, 5) is 23.6. The second kappa shape index (κ2) is 5.81. The van der Waals surface area contributed by atoms with Crippen molar-refractivity contribution in [1.29, 1.82) is 0 Å². The summed E-state index contributed by atoms with van der Waals surface area (Å²) in [5.41, 5.74) is 16.3. The molecule has 2 unspecified atom stereocenters. The van der Waals surface area contributed by atoms with Crippen molar-refractivity contribution in [3.63, 3.8) is 0 Å². The van der Waals surface area contributed by atoms with Gasteiger partial charge in [-0.2, -0.15) is 0 Å². The van der Waals surface area contributed by atoms with Crippen molar-refractivity contribution in [2.75, 3.05) is 13.1 Å². The Morgan fingerprint density at radius 2 is 1.56 bits per heavy atom. The second-order valence-electron chi connectivity index (χ2n) is 4.35. The highest BCUT2D eigenvalue weighted by atomic mass is 16.2. The van der Waals surface area contributed by atoms with Gasteiger partial charge in [0, 0.05) is 12.1 Å². The lowest BCUT2D eigenvalue weighted by Gasteiger charge is -2.37. The summed E-state index contributed by atoms with van der Waals surface area (Å²) >= 11 is 0. The van der Waals surface area contributed by atoms with E-state index in [4.69, 9.17) is 17.2 Å². The van der Waals surface area contributed by atoms with E-state index in [0.29, 0.717) is 0 Å². The number of primary amides is 2. The molecule has 0 saturated heterocycles. The Balaban J connectivity index is 2.65. The molecule has 1 aliphatic carbocycles. The number of carbonyl (C=O) groups excluding carboxylic acids is 2. The minimum absolute atomic E-state index is 0.00699. The smallest absolute Gasteiger partial charge is 0.231 e. The zero-order valence-corrected chi connectivity index (χ0v) is 9.39. The van der Waals surface area contributed by atoms with Crippen molar-refractivity contribution in [3.05, 3.63) is 0 Å². The summed E-state index contributed by atoms with van der Waals surface area (Å²) in [6.45, 7) is 0.0859. The van der Waals surface area contributed by atoms with Gasteiger partial charge in [-0.1, -0.05) is 12.8 Å². The van der Waals surface area contributed by atoms with Crippen molar-refractivity contribution >= 4 is 11.8 Å². The van der Waals surface area contributed by atoms with E-state index in [9.17, 15) is 9.59 Å². The number of carbonyl (C=O) groups is 2. The highest BCUT2D eigenvalue weighted by Crippen LogP contribution is 2.21. The summed E-state index contributed by atoms with van der Waals surface area (Å²) in [6.07, 6.45) is 3.96. The Hall–Kier alpha value is -1.14. The first-order chi connectivity index (χ1) is 7.50. The van der Waals surface area contributed by atoms with Crippen molar-refractivity contribution in [1.82, 2.24) is 4.90 Å². The van der Waals surface area contributed by atoms with Gasteiger partial charge in [0.1, 0.15) is 0 Å². The van der Waals surface area contributed by atoms with Gasteiger partial charge < -0.3 is 17.2 Å². The zero-order valence-electron chi connectivity index (χ0n) is 9.39. The van der Waals surface area contributed by atoms with E-state index in [1.54, 1.807) is 4.90 Å². The predicted molar refractivity (Wildman–Crippen MR) is 60.2 cm³/mol. The summed E-state index contributed by atoms with van der Waals surface area (Å²) < 4.78 is 0. The van der Waals surface area contributed by atoms with Crippen molar-refractivity contribution < 1.29 is 9.59 Å². The molecule has 0 bridgehead atoms. The van der Waals surface area contributed by atoms with Gasteiger partial charge in [-0.05, 0) is 12.8 Å². The molecule has 2 atom stereocenters. The number of rotatable bonds is 5. The fourth-order valence-corrected chi connectivity index (χ4v) is 2.28. The van der Waals surface area contributed by atoms with Crippen LogP contribution >= 0.6 is 0 Å². The maximum absolute atomic E-state index is 10.9. The molecule has 0 radical (unpaired) electrons. The SMILES string of the molecule is NC(=O)CN(CC(N)=O)C1CCCCC1N. The van der Waals surface area contributed by atoms with Gasteiger partial charge in [0.15, 0.2) is 0 Å². The van der Waals surface area contributed by atoms with Crippen LogP contribution in [0.5, 0.6) is 0 Å². The average molecular weight is 228 g/mol. The van der Waals surface area contributed by atoms with Crippen molar-refractivity contribution in [2.45, 2.75) is 37.8 Å². The van der Waals surface area contributed by atoms with Gasteiger partial charge >= 0.3 is 0 Å². The Kier molecular flexibility index (Phi) is 4.70. The number of nitrogens with two attached hydrogens (primary N) is 3. The van der Waals surface area contributed by atoms with Crippen LogP contribution in [0.15, 0.2) is 0 Å². The predicted octanol–water partition coefficient (Wildman–Crippen LogP) is -1.47. The van der Waals surface area contributed by atoms with Crippen LogP contribution < -0.4 is 17.2 Å². The van der Waals surface area contributed by atoms with Crippen LogP contribution in [0.1, 0.15) is 25.7 Å². The monoisotopic (exact) mass is 228 g/mol. The largest absolute Gasteiger partial charge is 0.369 e. The molecule has 0 aromatic rings. The first kappa shape index (κ1) is 12.9. The number of hydrogen-bond donors (Lipinski definition) is 3. The summed E-state index contributed by atoms with van der Waals surface area (Å²) in [7, 11) is 0. The van der Waals surface area contributed by atoms with E-state index in [0.717, 1.165) is 25.7 Å². The summed E-state index contributed by atoms with van der Waals surface area (Å²) in [5, 5.41) is 0. The summed E-state index contributed by atoms with van der Waals surface area (Å²) in [5.74, 6) is -0.918. The molecule has 6 heteroatoms. The molecular weight excluding hydrogens is 208 g/mol. The van der Waals surface area contributed by atoms with Crippen LogP contribution in [-0.4, -0.2) is 41.9 Å². The van der Waals surface area contributed by atoms with Crippen molar-refractivity contribution in [2.24, 2.45) is 17.2 Å². The van der Waals surface area contributed by atoms with Gasteiger partial charge in [-0.15, -0.1) is 0 Å². The molecule has 1 saturated carbocycles. The molecular formula is C10H20N4O2. The lowest BCUT2D eigenvalue weighted by Crippen LogP contribution is -2.54. The Labute approximate surface area is 95.1 Å². The second-order valence-corrected chi connectivity index (χ2v) is 4.35. The molecule has 0 heterocycles. The molecule has 16 heavy (non-hydrogen) atoms.